The van der Waals surface area contributed by atoms with Crippen molar-refractivity contribution in [2.45, 2.75) is 20.3 Å². The minimum Gasteiger partial charge on any atom is -0.352 e. The zero-order valence-corrected chi connectivity index (χ0v) is 13.4. The van der Waals surface area contributed by atoms with Crippen LogP contribution in [0.3, 0.4) is 0 Å². The first-order valence-corrected chi connectivity index (χ1v) is 8.04. The maximum atomic E-state index is 12.3. The van der Waals surface area contributed by atoms with Crippen molar-refractivity contribution in [3.05, 3.63) is 35.4 Å². The van der Waals surface area contributed by atoms with Gasteiger partial charge in [0.15, 0.2) is 0 Å². The third-order valence-electron chi connectivity index (χ3n) is 3.97. The molecule has 2 amide bonds. The molecule has 0 radical (unpaired) electrons. The Morgan fingerprint density at radius 2 is 1.82 bits per heavy atom. The van der Waals surface area contributed by atoms with Crippen molar-refractivity contribution in [3.8, 4) is 0 Å². The lowest BCUT2D eigenvalue weighted by atomic mass is 10.0. The van der Waals surface area contributed by atoms with Gasteiger partial charge in [-0.05, 0) is 37.6 Å². The highest BCUT2D eigenvalue weighted by atomic mass is 16.2. The first kappa shape index (κ1) is 16.5. The van der Waals surface area contributed by atoms with Crippen molar-refractivity contribution in [1.29, 1.82) is 0 Å². The van der Waals surface area contributed by atoms with Crippen LogP contribution in [0.4, 0.5) is 0 Å². The van der Waals surface area contributed by atoms with Gasteiger partial charge in [-0.1, -0.05) is 6.92 Å². The summed E-state index contributed by atoms with van der Waals surface area (Å²) in [6.07, 6.45) is 0.941. The van der Waals surface area contributed by atoms with Crippen molar-refractivity contribution in [2.75, 3.05) is 32.7 Å². The maximum Gasteiger partial charge on any atom is 0.253 e. The first-order chi connectivity index (χ1) is 10.7. The second-order valence-electron chi connectivity index (χ2n) is 5.70. The minimum atomic E-state index is -0.0770. The van der Waals surface area contributed by atoms with Crippen molar-refractivity contribution in [3.63, 3.8) is 0 Å². The van der Waals surface area contributed by atoms with E-state index in [1.165, 1.54) is 0 Å². The normalized spacial score (nSPS) is 14.3. The molecule has 0 bridgehead atoms. The average molecular weight is 303 g/mol. The fraction of sp³-hybridized carbons (Fsp3) is 0.529. The molecular formula is C17H25N3O2. The molecule has 2 N–H and O–H groups in total. The highest BCUT2D eigenvalue weighted by Crippen LogP contribution is 2.09. The summed E-state index contributed by atoms with van der Waals surface area (Å²) < 4.78 is 0. The van der Waals surface area contributed by atoms with Crippen molar-refractivity contribution >= 4 is 11.8 Å². The lowest BCUT2D eigenvalue weighted by Crippen LogP contribution is -2.48. The molecule has 1 fully saturated rings. The zero-order valence-electron chi connectivity index (χ0n) is 13.4. The molecule has 1 aromatic carbocycles. The van der Waals surface area contributed by atoms with E-state index in [0.29, 0.717) is 30.1 Å². The Balaban J connectivity index is 1.93. The summed E-state index contributed by atoms with van der Waals surface area (Å²) in [6.45, 7) is 8.13. The van der Waals surface area contributed by atoms with E-state index in [0.717, 1.165) is 26.1 Å². The second kappa shape index (κ2) is 7.94. The van der Waals surface area contributed by atoms with Gasteiger partial charge in [0.2, 0.25) is 0 Å². The van der Waals surface area contributed by atoms with E-state index in [1.54, 1.807) is 24.3 Å². The van der Waals surface area contributed by atoms with Gasteiger partial charge in [-0.3, -0.25) is 9.59 Å². The summed E-state index contributed by atoms with van der Waals surface area (Å²) in [5.74, 6) is 0.487. The van der Waals surface area contributed by atoms with Crippen LogP contribution in [0.2, 0.25) is 0 Å². The monoisotopic (exact) mass is 303 g/mol. The Morgan fingerprint density at radius 3 is 2.32 bits per heavy atom. The van der Waals surface area contributed by atoms with Crippen molar-refractivity contribution < 1.29 is 9.59 Å². The Bertz CT molecular complexity index is 509. The van der Waals surface area contributed by atoms with Crippen LogP contribution in [-0.2, 0) is 0 Å². The van der Waals surface area contributed by atoms with Gasteiger partial charge < -0.3 is 15.5 Å². The summed E-state index contributed by atoms with van der Waals surface area (Å²) in [6, 6.07) is 6.92. The van der Waals surface area contributed by atoms with E-state index in [4.69, 9.17) is 0 Å². The molecule has 1 aromatic rings. The molecule has 120 valence electrons. The molecule has 0 aliphatic carbocycles. The fourth-order valence-electron chi connectivity index (χ4n) is 2.45. The Kier molecular flexibility index (Phi) is 5.95. The predicted molar refractivity (Wildman–Crippen MR) is 87.0 cm³/mol. The number of hydrogen-bond acceptors (Lipinski definition) is 3. The molecule has 1 saturated heterocycles. The standard InChI is InChI=1S/C17H25N3O2/c1-3-9-20(4-2)17(22)15-7-5-14(6-8-15)16(21)19-12-13-10-18-11-13/h5-8,13,18H,3-4,9-12H2,1-2H3,(H,19,21). The number of rotatable bonds is 7. The van der Waals surface area contributed by atoms with Gasteiger partial charge in [-0.2, -0.15) is 0 Å². The predicted octanol–water partition coefficient (Wildman–Crippen LogP) is 1.51. The molecule has 22 heavy (non-hydrogen) atoms. The number of amides is 2. The van der Waals surface area contributed by atoms with Crippen LogP contribution >= 0.6 is 0 Å². The Hall–Kier alpha value is -1.88. The van der Waals surface area contributed by atoms with Gasteiger partial charge in [0.05, 0.1) is 0 Å². The smallest absolute Gasteiger partial charge is 0.253 e. The van der Waals surface area contributed by atoms with Crippen LogP contribution in [0.1, 0.15) is 41.0 Å². The van der Waals surface area contributed by atoms with Gasteiger partial charge in [0.1, 0.15) is 0 Å². The van der Waals surface area contributed by atoms with Crippen LogP contribution in [0.15, 0.2) is 24.3 Å². The number of nitrogens with one attached hydrogen (secondary N) is 2. The number of hydrogen-bond donors (Lipinski definition) is 2. The summed E-state index contributed by atoms with van der Waals surface area (Å²) in [5, 5.41) is 6.11. The molecule has 0 aromatic heterocycles. The highest BCUT2D eigenvalue weighted by molar-refractivity contribution is 5.97. The number of carbonyl (C=O) groups excluding carboxylic acids is 2. The minimum absolute atomic E-state index is 0.0249. The molecule has 1 aliphatic rings. The SMILES string of the molecule is CCCN(CC)C(=O)c1ccc(C(=O)NCC2CNC2)cc1. The van der Waals surface area contributed by atoms with Gasteiger partial charge in [-0.15, -0.1) is 0 Å². The van der Waals surface area contributed by atoms with Crippen molar-refractivity contribution in [1.82, 2.24) is 15.5 Å². The van der Waals surface area contributed by atoms with E-state index >= 15 is 0 Å². The second-order valence-corrected chi connectivity index (χ2v) is 5.70. The number of benzene rings is 1. The van der Waals surface area contributed by atoms with Gasteiger partial charge in [0.25, 0.3) is 11.8 Å². The third-order valence-corrected chi connectivity index (χ3v) is 3.97. The third kappa shape index (κ3) is 4.07. The van der Waals surface area contributed by atoms with Crippen LogP contribution in [0.5, 0.6) is 0 Å². The zero-order chi connectivity index (χ0) is 15.9. The van der Waals surface area contributed by atoms with E-state index in [-0.39, 0.29) is 11.8 Å². The Morgan fingerprint density at radius 1 is 1.18 bits per heavy atom. The van der Waals surface area contributed by atoms with Crippen LogP contribution in [-0.4, -0.2) is 49.4 Å². The number of carbonyl (C=O) groups is 2. The van der Waals surface area contributed by atoms with Crippen molar-refractivity contribution in [2.24, 2.45) is 5.92 Å². The molecule has 1 heterocycles. The van der Waals surface area contributed by atoms with Crippen LogP contribution < -0.4 is 10.6 Å². The Labute approximate surface area is 132 Å². The van der Waals surface area contributed by atoms with E-state index in [2.05, 4.69) is 17.6 Å². The van der Waals surface area contributed by atoms with Crippen LogP contribution in [0.25, 0.3) is 0 Å². The molecular weight excluding hydrogens is 278 g/mol. The van der Waals surface area contributed by atoms with E-state index in [9.17, 15) is 9.59 Å². The molecule has 0 spiro atoms. The average Bonchev–Trinajstić information content (AvgIpc) is 2.50. The lowest BCUT2D eigenvalue weighted by Gasteiger charge is -2.27. The fourth-order valence-corrected chi connectivity index (χ4v) is 2.45. The molecule has 5 nitrogen and oxygen atoms in total. The molecule has 0 unspecified atom stereocenters. The summed E-state index contributed by atoms with van der Waals surface area (Å²) >= 11 is 0. The maximum absolute atomic E-state index is 12.3. The van der Waals surface area contributed by atoms with E-state index in [1.807, 2.05) is 11.8 Å². The molecule has 5 heteroatoms. The first-order valence-electron chi connectivity index (χ1n) is 8.04. The highest BCUT2D eigenvalue weighted by Gasteiger charge is 2.18. The van der Waals surface area contributed by atoms with Gasteiger partial charge in [0, 0.05) is 49.8 Å². The molecule has 1 aliphatic heterocycles. The topological polar surface area (TPSA) is 61.4 Å². The molecule has 2 rings (SSSR count). The van der Waals surface area contributed by atoms with E-state index < -0.39 is 0 Å². The molecule has 0 atom stereocenters. The molecule has 0 saturated carbocycles. The summed E-state index contributed by atoms with van der Waals surface area (Å²) in [5.41, 5.74) is 1.23. The largest absolute Gasteiger partial charge is 0.352 e. The quantitative estimate of drug-likeness (QED) is 0.802. The number of nitrogens with zero attached hydrogens (tertiary/aromatic N) is 1. The summed E-state index contributed by atoms with van der Waals surface area (Å²) in [7, 11) is 0. The summed E-state index contributed by atoms with van der Waals surface area (Å²) in [4.78, 5) is 26.2. The van der Waals surface area contributed by atoms with Crippen LogP contribution in [0, 0.1) is 5.92 Å². The van der Waals surface area contributed by atoms with Gasteiger partial charge >= 0.3 is 0 Å². The lowest BCUT2D eigenvalue weighted by molar-refractivity contribution is 0.0763. The van der Waals surface area contributed by atoms with Gasteiger partial charge in [-0.25, -0.2) is 0 Å².